The summed E-state index contributed by atoms with van der Waals surface area (Å²) in [4.78, 5) is 0.312. The molecule has 2 N–H and O–H groups in total. The van der Waals surface area contributed by atoms with E-state index in [2.05, 4.69) is 0 Å². The molecule has 0 aromatic heterocycles. The fraction of sp³-hybridized carbons (Fsp3) is 0.250. The summed E-state index contributed by atoms with van der Waals surface area (Å²) in [6.07, 6.45) is 0. The lowest BCUT2D eigenvalue weighted by Gasteiger charge is -2.13. The van der Waals surface area contributed by atoms with E-state index in [1.165, 1.54) is 0 Å². The first-order valence-corrected chi connectivity index (χ1v) is 8.44. The molecule has 1 atom stereocenters. The van der Waals surface area contributed by atoms with Crippen LogP contribution in [0.25, 0.3) is 0 Å². The van der Waals surface area contributed by atoms with Gasteiger partial charge in [0, 0.05) is 17.2 Å². The van der Waals surface area contributed by atoms with Crippen LogP contribution in [0.3, 0.4) is 0 Å². The van der Waals surface area contributed by atoms with Gasteiger partial charge in [0.1, 0.15) is 5.75 Å². The van der Waals surface area contributed by atoms with E-state index in [1.807, 2.05) is 24.3 Å². The van der Waals surface area contributed by atoms with Crippen LogP contribution in [0.2, 0.25) is 0 Å². The first kappa shape index (κ1) is 13.9. The van der Waals surface area contributed by atoms with Gasteiger partial charge < -0.3 is 10.5 Å². The van der Waals surface area contributed by atoms with Crippen LogP contribution >= 0.6 is 0 Å². The van der Waals surface area contributed by atoms with Crippen LogP contribution in [-0.2, 0) is 9.84 Å². The number of nitrogens with two attached hydrogens (primary N) is 1. The SMILES string of the molecule is Cc1c(N)cccc1S(=O)(=O)CC1COc2ccccc21. The van der Waals surface area contributed by atoms with E-state index in [-0.39, 0.29) is 11.7 Å². The highest BCUT2D eigenvalue weighted by atomic mass is 32.2. The van der Waals surface area contributed by atoms with Crippen molar-refractivity contribution in [1.82, 2.24) is 0 Å². The normalized spacial score (nSPS) is 17.3. The zero-order valence-electron chi connectivity index (χ0n) is 11.7. The summed E-state index contributed by atoms with van der Waals surface area (Å²) in [7, 11) is -3.40. The average molecular weight is 303 g/mol. The standard InChI is InChI=1S/C16H17NO3S/c1-11-14(17)6-4-8-16(11)21(18,19)10-12-9-20-15-7-3-2-5-13(12)15/h2-8,12H,9-10,17H2,1H3. The predicted octanol–water partition coefficient (Wildman–Crippen LogP) is 2.53. The van der Waals surface area contributed by atoms with Gasteiger partial charge in [-0.3, -0.25) is 0 Å². The number of rotatable bonds is 3. The third-order valence-electron chi connectivity index (χ3n) is 3.88. The molecule has 21 heavy (non-hydrogen) atoms. The van der Waals surface area contributed by atoms with Gasteiger partial charge in [-0.25, -0.2) is 8.42 Å². The van der Waals surface area contributed by atoms with Crippen molar-refractivity contribution in [1.29, 1.82) is 0 Å². The third-order valence-corrected chi connectivity index (χ3v) is 5.83. The minimum absolute atomic E-state index is 0.0360. The molecule has 1 aliphatic rings. The number of hydrogen-bond donors (Lipinski definition) is 1. The van der Waals surface area contributed by atoms with Crippen molar-refractivity contribution in [3.05, 3.63) is 53.6 Å². The number of anilines is 1. The zero-order valence-corrected chi connectivity index (χ0v) is 12.6. The number of ether oxygens (including phenoxy) is 1. The summed E-state index contributed by atoms with van der Waals surface area (Å²) >= 11 is 0. The molecule has 1 aliphatic heterocycles. The quantitative estimate of drug-likeness (QED) is 0.885. The Balaban J connectivity index is 1.93. The second kappa shape index (κ2) is 5.07. The number of para-hydroxylation sites is 1. The Morgan fingerprint density at radius 3 is 2.76 bits per heavy atom. The molecule has 0 aliphatic carbocycles. The molecule has 1 unspecified atom stereocenters. The first-order valence-electron chi connectivity index (χ1n) is 6.78. The van der Waals surface area contributed by atoms with Crippen LogP contribution in [0, 0.1) is 6.92 Å². The smallest absolute Gasteiger partial charge is 0.179 e. The van der Waals surface area contributed by atoms with E-state index < -0.39 is 9.84 Å². The monoisotopic (exact) mass is 303 g/mol. The first-order chi connectivity index (χ1) is 9.99. The third kappa shape index (κ3) is 2.49. The van der Waals surface area contributed by atoms with Crippen LogP contribution in [0.1, 0.15) is 17.0 Å². The molecule has 0 saturated heterocycles. The number of sulfone groups is 1. The van der Waals surface area contributed by atoms with E-state index in [9.17, 15) is 8.42 Å². The summed E-state index contributed by atoms with van der Waals surface area (Å²) in [5.41, 5.74) is 7.89. The molecule has 4 nitrogen and oxygen atoms in total. The maximum Gasteiger partial charge on any atom is 0.179 e. The molecule has 1 heterocycles. The fourth-order valence-electron chi connectivity index (χ4n) is 2.69. The van der Waals surface area contributed by atoms with Gasteiger partial charge in [-0.05, 0) is 30.7 Å². The minimum Gasteiger partial charge on any atom is -0.493 e. The van der Waals surface area contributed by atoms with Crippen LogP contribution in [0.4, 0.5) is 5.69 Å². The summed E-state index contributed by atoms with van der Waals surface area (Å²) < 4.78 is 30.9. The Morgan fingerprint density at radius 2 is 1.95 bits per heavy atom. The van der Waals surface area contributed by atoms with E-state index in [0.29, 0.717) is 22.8 Å². The van der Waals surface area contributed by atoms with Crippen molar-refractivity contribution in [2.45, 2.75) is 17.7 Å². The van der Waals surface area contributed by atoms with Gasteiger partial charge in [0.25, 0.3) is 0 Å². The topological polar surface area (TPSA) is 69.4 Å². The Morgan fingerprint density at radius 1 is 1.19 bits per heavy atom. The van der Waals surface area contributed by atoms with Gasteiger partial charge in [0.05, 0.1) is 17.3 Å². The van der Waals surface area contributed by atoms with Crippen LogP contribution < -0.4 is 10.5 Å². The molecule has 5 heteroatoms. The molecule has 0 amide bonds. The minimum atomic E-state index is -3.40. The van der Waals surface area contributed by atoms with Gasteiger partial charge in [-0.15, -0.1) is 0 Å². The van der Waals surface area contributed by atoms with Gasteiger partial charge in [-0.2, -0.15) is 0 Å². The van der Waals surface area contributed by atoms with Crippen LogP contribution in [-0.4, -0.2) is 20.8 Å². The molecule has 0 fully saturated rings. The van der Waals surface area contributed by atoms with Crippen molar-refractivity contribution in [3.8, 4) is 5.75 Å². The molecule has 0 saturated carbocycles. The summed E-state index contributed by atoms with van der Waals surface area (Å²) in [6.45, 7) is 2.14. The average Bonchev–Trinajstić information content (AvgIpc) is 2.84. The molecule has 3 rings (SSSR count). The molecule has 110 valence electrons. The molecule has 0 bridgehead atoms. The highest BCUT2D eigenvalue weighted by Gasteiger charge is 2.30. The van der Waals surface area contributed by atoms with Crippen molar-refractivity contribution in [2.24, 2.45) is 0 Å². The Labute approximate surface area is 124 Å². The highest BCUT2D eigenvalue weighted by Crippen LogP contribution is 2.35. The number of fused-ring (bicyclic) bond motifs is 1. The Kier molecular flexibility index (Phi) is 3.37. The second-order valence-corrected chi connectivity index (χ2v) is 7.30. The van der Waals surface area contributed by atoms with Crippen molar-refractivity contribution < 1.29 is 13.2 Å². The van der Waals surface area contributed by atoms with Crippen molar-refractivity contribution in [2.75, 3.05) is 18.1 Å². The van der Waals surface area contributed by atoms with E-state index in [0.717, 1.165) is 11.3 Å². The molecule has 2 aromatic rings. The van der Waals surface area contributed by atoms with Gasteiger partial charge in [0.2, 0.25) is 0 Å². The van der Waals surface area contributed by atoms with E-state index in [4.69, 9.17) is 10.5 Å². The number of benzene rings is 2. The van der Waals surface area contributed by atoms with Gasteiger partial charge >= 0.3 is 0 Å². The summed E-state index contributed by atoms with van der Waals surface area (Å²) in [6, 6.07) is 12.6. The molecular formula is C16H17NO3S. The van der Waals surface area contributed by atoms with Crippen LogP contribution in [0.5, 0.6) is 5.75 Å². The predicted molar refractivity (Wildman–Crippen MR) is 82.3 cm³/mol. The maximum atomic E-state index is 12.7. The number of nitrogen functional groups attached to an aromatic ring is 1. The second-order valence-electron chi connectivity index (χ2n) is 5.30. The largest absolute Gasteiger partial charge is 0.493 e. The van der Waals surface area contributed by atoms with Crippen LogP contribution in [0.15, 0.2) is 47.4 Å². The summed E-state index contributed by atoms with van der Waals surface area (Å²) in [5, 5.41) is 0. The number of hydrogen-bond acceptors (Lipinski definition) is 4. The Hall–Kier alpha value is -2.01. The zero-order chi connectivity index (χ0) is 15.0. The van der Waals surface area contributed by atoms with Gasteiger partial charge in [0.15, 0.2) is 9.84 Å². The molecule has 2 aromatic carbocycles. The van der Waals surface area contributed by atoms with Crippen molar-refractivity contribution >= 4 is 15.5 Å². The fourth-order valence-corrected chi connectivity index (χ4v) is 4.55. The molecule has 0 radical (unpaired) electrons. The molecular weight excluding hydrogens is 286 g/mol. The lowest BCUT2D eigenvalue weighted by molar-refractivity contribution is 0.337. The van der Waals surface area contributed by atoms with E-state index >= 15 is 0 Å². The summed E-state index contributed by atoms with van der Waals surface area (Å²) in [5.74, 6) is 0.683. The highest BCUT2D eigenvalue weighted by molar-refractivity contribution is 7.91. The Bertz CT molecular complexity index is 784. The lowest BCUT2D eigenvalue weighted by atomic mass is 10.0. The van der Waals surface area contributed by atoms with E-state index in [1.54, 1.807) is 25.1 Å². The van der Waals surface area contributed by atoms with Gasteiger partial charge in [-0.1, -0.05) is 24.3 Å². The molecule has 0 spiro atoms. The van der Waals surface area contributed by atoms with Crippen molar-refractivity contribution in [3.63, 3.8) is 0 Å². The maximum absolute atomic E-state index is 12.7. The lowest BCUT2D eigenvalue weighted by Crippen LogP contribution is -2.17.